The third-order valence-electron chi connectivity index (χ3n) is 3.93. The third-order valence-corrected chi connectivity index (χ3v) is 7.93. The first-order valence-corrected chi connectivity index (χ1v) is 11.2. The van der Waals surface area contributed by atoms with Crippen molar-refractivity contribution in [3.63, 3.8) is 0 Å². The van der Waals surface area contributed by atoms with Crippen LogP contribution < -0.4 is 10.1 Å². The summed E-state index contributed by atoms with van der Waals surface area (Å²) in [7, 11) is 0. The lowest BCUT2D eigenvalue weighted by molar-refractivity contribution is -0.118. The van der Waals surface area contributed by atoms with Crippen molar-refractivity contribution < 1.29 is 9.53 Å². The lowest BCUT2D eigenvalue weighted by Gasteiger charge is -2.15. The number of fused-ring (bicyclic) bond motifs is 1. The first kappa shape index (κ1) is 17.7. The second-order valence-electron chi connectivity index (χ2n) is 5.86. The predicted molar refractivity (Wildman–Crippen MR) is 113 cm³/mol. The number of nitrogens with zero attached hydrogens (tertiary/aromatic N) is 1. The van der Waals surface area contributed by atoms with Crippen LogP contribution in [0.25, 0.3) is 10.2 Å². The average molecular weight is 403 g/mol. The summed E-state index contributed by atoms with van der Waals surface area (Å²) in [4.78, 5) is 16.7. The Labute approximate surface area is 164 Å². The third kappa shape index (κ3) is 4.00. The minimum atomic E-state index is -0.160. The van der Waals surface area contributed by atoms with Crippen LogP contribution in [-0.4, -0.2) is 29.0 Å². The van der Waals surface area contributed by atoms with E-state index in [1.54, 1.807) is 11.3 Å². The van der Waals surface area contributed by atoms with E-state index in [-0.39, 0.29) is 12.5 Å². The van der Waals surface area contributed by atoms with Gasteiger partial charge in [0, 0.05) is 22.8 Å². The van der Waals surface area contributed by atoms with Gasteiger partial charge in [-0.1, -0.05) is 18.2 Å². The molecule has 0 atom stereocenters. The molecule has 0 saturated carbocycles. The predicted octanol–water partition coefficient (Wildman–Crippen LogP) is 5.10. The molecule has 0 aliphatic carbocycles. The van der Waals surface area contributed by atoms with Crippen molar-refractivity contribution in [1.82, 2.24) is 4.98 Å². The standard InChI is InChI=1S/C19H18N2O2S3/c1-12-20-15-7-6-13(10-17(15)26-12)21-18(22)11-23-16-5-3-2-4-14(16)19-24-8-9-25-19/h2-7,10,19H,8-9,11H2,1H3,(H,21,22). The number of para-hydroxylation sites is 1. The van der Waals surface area contributed by atoms with E-state index in [1.165, 1.54) is 0 Å². The zero-order valence-corrected chi connectivity index (χ0v) is 16.7. The number of aryl methyl sites for hydroxylation is 1. The van der Waals surface area contributed by atoms with Crippen LogP contribution in [0.4, 0.5) is 5.69 Å². The number of rotatable bonds is 5. The van der Waals surface area contributed by atoms with Gasteiger partial charge in [0.25, 0.3) is 5.91 Å². The van der Waals surface area contributed by atoms with Crippen LogP contribution in [0.2, 0.25) is 0 Å². The van der Waals surface area contributed by atoms with E-state index in [4.69, 9.17) is 4.74 Å². The summed E-state index contributed by atoms with van der Waals surface area (Å²) in [6.07, 6.45) is 0. The normalized spacial score (nSPS) is 14.7. The summed E-state index contributed by atoms with van der Waals surface area (Å²) in [5, 5.41) is 3.93. The number of thioether (sulfide) groups is 2. The van der Waals surface area contributed by atoms with Crippen LogP contribution in [-0.2, 0) is 4.79 Å². The highest BCUT2D eigenvalue weighted by atomic mass is 32.2. The van der Waals surface area contributed by atoms with Crippen molar-refractivity contribution in [3.8, 4) is 5.75 Å². The summed E-state index contributed by atoms with van der Waals surface area (Å²) in [6.45, 7) is 1.98. The van der Waals surface area contributed by atoms with Gasteiger partial charge in [0.1, 0.15) is 5.75 Å². The molecule has 1 fully saturated rings. The molecule has 1 aromatic heterocycles. The molecule has 3 aromatic rings. The number of aromatic nitrogens is 1. The number of hydrogen-bond acceptors (Lipinski definition) is 6. The number of amides is 1. The lowest BCUT2D eigenvalue weighted by Crippen LogP contribution is -2.20. The Bertz CT molecular complexity index is 935. The molecule has 0 radical (unpaired) electrons. The van der Waals surface area contributed by atoms with Crippen molar-refractivity contribution in [3.05, 3.63) is 53.0 Å². The van der Waals surface area contributed by atoms with Gasteiger partial charge in [-0.25, -0.2) is 4.98 Å². The van der Waals surface area contributed by atoms with Crippen molar-refractivity contribution in [2.75, 3.05) is 23.4 Å². The summed E-state index contributed by atoms with van der Waals surface area (Å²) in [6, 6.07) is 13.8. The van der Waals surface area contributed by atoms with E-state index < -0.39 is 0 Å². The minimum absolute atomic E-state index is 0.00117. The van der Waals surface area contributed by atoms with Gasteiger partial charge in [0.15, 0.2) is 6.61 Å². The molecule has 7 heteroatoms. The number of anilines is 1. The number of hydrogen-bond donors (Lipinski definition) is 1. The van der Waals surface area contributed by atoms with Gasteiger partial charge >= 0.3 is 0 Å². The summed E-state index contributed by atoms with van der Waals surface area (Å²) >= 11 is 5.48. The van der Waals surface area contributed by atoms with E-state index >= 15 is 0 Å². The Morgan fingerprint density at radius 1 is 1.23 bits per heavy atom. The van der Waals surface area contributed by atoms with Gasteiger partial charge in [-0.05, 0) is 31.2 Å². The molecule has 4 rings (SSSR count). The second-order valence-corrected chi connectivity index (χ2v) is 9.82. The quantitative estimate of drug-likeness (QED) is 0.643. The SMILES string of the molecule is Cc1nc2ccc(NC(=O)COc3ccccc3C3SCCS3)cc2s1. The van der Waals surface area contributed by atoms with Crippen molar-refractivity contribution in [2.24, 2.45) is 0 Å². The van der Waals surface area contributed by atoms with Crippen LogP contribution in [0.5, 0.6) is 5.75 Å². The van der Waals surface area contributed by atoms with E-state index in [1.807, 2.05) is 66.8 Å². The minimum Gasteiger partial charge on any atom is -0.483 e. The molecule has 134 valence electrons. The highest BCUT2D eigenvalue weighted by Crippen LogP contribution is 2.48. The molecule has 2 aromatic carbocycles. The molecule has 1 amide bonds. The van der Waals surface area contributed by atoms with Crippen LogP contribution in [0.3, 0.4) is 0 Å². The van der Waals surface area contributed by atoms with E-state index in [9.17, 15) is 4.79 Å². The molecule has 1 saturated heterocycles. The van der Waals surface area contributed by atoms with Crippen molar-refractivity contribution in [1.29, 1.82) is 0 Å². The van der Waals surface area contributed by atoms with Crippen molar-refractivity contribution >= 4 is 56.7 Å². The summed E-state index contributed by atoms with van der Waals surface area (Å²) < 4.78 is 7.29. The molecular formula is C19H18N2O2S3. The van der Waals surface area contributed by atoms with E-state index in [2.05, 4.69) is 16.4 Å². The molecule has 1 aliphatic heterocycles. The Hall–Kier alpha value is -1.70. The highest BCUT2D eigenvalue weighted by molar-refractivity contribution is 8.19. The molecule has 0 unspecified atom stereocenters. The van der Waals surface area contributed by atoms with Crippen LogP contribution in [0, 0.1) is 6.92 Å². The van der Waals surface area contributed by atoms with Gasteiger partial charge < -0.3 is 10.1 Å². The fraction of sp³-hybridized carbons (Fsp3) is 0.263. The molecule has 0 bridgehead atoms. The fourth-order valence-electron chi connectivity index (χ4n) is 2.80. The first-order valence-electron chi connectivity index (χ1n) is 8.31. The molecule has 1 N–H and O–H groups in total. The van der Waals surface area contributed by atoms with Gasteiger partial charge in [0.2, 0.25) is 0 Å². The van der Waals surface area contributed by atoms with Crippen LogP contribution in [0.15, 0.2) is 42.5 Å². The zero-order valence-electron chi connectivity index (χ0n) is 14.2. The van der Waals surface area contributed by atoms with Crippen LogP contribution in [0.1, 0.15) is 15.2 Å². The number of benzene rings is 2. The number of carbonyl (C=O) groups is 1. The smallest absolute Gasteiger partial charge is 0.262 e. The van der Waals surface area contributed by atoms with Gasteiger partial charge in [-0.2, -0.15) is 0 Å². The number of ether oxygens (including phenoxy) is 1. The topological polar surface area (TPSA) is 51.2 Å². The summed E-state index contributed by atoms with van der Waals surface area (Å²) in [5.74, 6) is 2.95. The van der Waals surface area contributed by atoms with Gasteiger partial charge in [0.05, 0.1) is 19.8 Å². The van der Waals surface area contributed by atoms with Gasteiger partial charge in [-0.15, -0.1) is 34.9 Å². The van der Waals surface area contributed by atoms with Crippen LogP contribution >= 0.6 is 34.9 Å². The number of carbonyl (C=O) groups excluding carboxylic acids is 1. The molecule has 4 nitrogen and oxygen atoms in total. The maximum Gasteiger partial charge on any atom is 0.262 e. The second kappa shape index (κ2) is 7.90. The number of thiazole rings is 1. The van der Waals surface area contributed by atoms with Crippen molar-refractivity contribution in [2.45, 2.75) is 11.5 Å². The zero-order chi connectivity index (χ0) is 17.9. The highest BCUT2D eigenvalue weighted by Gasteiger charge is 2.21. The molecule has 1 aliphatic rings. The van der Waals surface area contributed by atoms with E-state index in [0.717, 1.165) is 43.7 Å². The molecule has 26 heavy (non-hydrogen) atoms. The Balaban J connectivity index is 1.40. The fourth-order valence-corrected chi connectivity index (χ4v) is 6.58. The molecule has 0 spiro atoms. The average Bonchev–Trinajstić information content (AvgIpc) is 3.28. The maximum atomic E-state index is 12.3. The Kier molecular flexibility index (Phi) is 5.38. The Morgan fingerprint density at radius 3 is 2.88 bits per heavy atom. The largest absolute Gasteiger partial charge is 0.483 e. The maximum absolute atomic E-state index is 12.3. The Morgan fingerprint density at radius 2 is 2.04 bits per heavy atom. The molecular weight excluding hydrogens is 384 g/mol. The number of nitrogens with one attached hydrogen (secondary N) is 1. The summed E-state index contributed by atoms with van der Waals surface area (Å²) in [5.41, 5.74) is 2.89. The van der Waals surface area contributed by atoms with Gasteiger partial charge in [-0.3, -0.25) is 4.79 Å². The lowest BCUT2D eigenvalue weighted by atomic mass is 10.2. The monoisotopic (exact) mass is 402 g/mol. The first-order chi connectivity index (χ1) is 12.7. The van der Waals surface area contributed by atoms with E-state index in [0.29, 0.717) is 4.58 Å². The molecule has 2 heterocycles.